The van der Waals surface area contributed by atoms with E-state index in [2.05, 4.69) is 5.32 Å². The van der Waals surface area contributed by atoms with E-state index in [0.717, 1.165) is 29.1 Å². The zero-order valence-corrected chi connectivity index (χ0v) is 14.6. The van der Waals surface area contributed by atoms with Crippen molar-refractivity contribution >= 4 is 41.3 Å². The van der Waals surface area contributed by atoms with Gasteiger partial charge >= 0.3 is 0 Å². The lowest BCUT2D eigenvalue weighted by Gasteiger charge is -2.36. The fraction of sp³-hybridized carbons (Fsp3) is 0.312. The number of benzene rings is 1. The van der Waals surface area contributed by atoms with Gasteiger partial charge in [0.1, 0.15) is 0 Å². The molecule has 3 nitrogen and oxygen atoms in total. The van der Waals surface area contributed by atoms with E-state index in [0.29, 0.717) is 11.6 Å². The smallest absolute Gasteiger partial charge is 0.264 e. The molecule has 0 bridgehead atoms. The van der Waals surface area contributed by atoms with Crippen LogP contribution in [0.25, 0.3) is 0 Å². The number of nitrogens with zero attached hydrogens (tertiary/aromatic N) is 1. The lowest BCUT2D eigenvalue weighted by molar-refractivity contribution is 0.0639. The third-order valence-corrected chi connectivity index (χ3v) is 5.17. The van der Waals surface area contributed by atoms with Gasteiger partial charge in [-0.25, -0.2) is 0 Å². The molecule has 1 unspecified atom stereocenters. The molecule has 0 saturated carbocycles. The van der Waals surface area contributed by atoms with E-state index in [-0.39, 0.29) is 24.4 Å². The van der Waals surface area contributed by atoms with Crippen molar-refractivity contribution in [3.8, 4) is 0 Å². The molecular weight excluding hydrogens is 339 g/mol. The minimum Gasteiger partial charge on any atom is -0.328 e. The Kier molecular flexibility index (Phi) is 5.87. The van der Waals surface area contributed by atoms with Crippen LogP contribution < -0.4 is 5.32 Å². The van der Waals surface area contributed by atoms with Crippen molar-refractivity contribution in [2.75, 3.05) is 19.6 Å². The standard InChI is InChI=1S/C16H17ClN2OS.ClH/c1-11-6-9-21-15(11)16(20)19-8-7-18-10-14(19)12-4-2-3-5-13(12)17;/h2-6,9,14,18H,7-8,10H2,1H3;1H. The predicted octanol–water partition coefficient (Wildman–Crippen LogP) is 3.92. The van der Waals surface area contributed by atoms with Crippen molar-refractivity contribution in [3.05, 3.63) is 56.7 Å². The maximum atomic E-state index is 12.8. The number of amides is 1. The topological polar surface area (TPSA) is 32.3 Å². The second-order valence-electron chi connectivity index (χ2n) is 5.17. The fourth-order valence-corrected chi connectivity index (χ4v) is 3.83. The summed E-state index contributed by atoms with van der Waals surface area (Å²) in [6.45, 7) is 4.24. The minimum absolute atomic E-state index is 0. The third kappa shape index (κ3) is 3.30. The van der Waals surface area contributed by atoms with Gasteiger partial charge in [-0.2, -0.15) is 0 Å². The zero-order valence-electron chi connectivity index (χ0n) is 12.2. The number of carbonyl (C=O) groups is 1. The van der Waals surface area contributed by atoms with Gasteiger partial charge in [0.05, 0.1) is 10.9 Å². The Balaban J connectivity index is 0.00000176. The molecule has 6 heteroatoms. The van der Waals surface area contributed by atoms with Crippen molar-refractivity contribution in [1.29, 1.82) is 0 Å². The lowest BCUT2D eigenvalue weighted by Crippen LogP contribution is -2.48. The SMILES string of the molecule is Cc1ccsc1C(=O)N1CCNCC1c1ccccc1Cl.Cl. The number of rotatable bonds is 2. The Bertz CT molecular complexity index is 659. The average Bonchev–Trinajstić information content (AvgIpc) is 2.93. The van der Waals surface area contributed by atoms with Crippen molar-refractivity contribution in [3.63, 3.8) is 0 Å². The fourth-order valence-electron chi connectivity index (χ4n) is 2.69. The Morgan fingerprint density at radius 2 is 2.14 bits per heavy atom. The molecule has 1 atom stereocenters. The molecule has 0 aliphatic carbocycles. The number of hydrogen-bond donors (Lipinski definition) is 1. The van der Waals surface area contributed by atoms with E-state index >= 15 is 0 Å². The van der Waals surface area contributed by atoms with Gasteiger partial charge in [0.25, 0.3) is 5.91 Å². The largest absolute Gasteiger partial charge is 0.328 e. The van der Waals surface area contributed by atoms with Gasteiger partial charge in [-0.1, -0.05) is 29.8 Å². The van der Waals surface area contributed by atoms with Crippen LogP contribution in [0.1, 0.15) is 26.8 Å². The van der Waals surface area contributed by atoms with Crippen molar-refractivity contribution < 1.29 is 4.79 Å². The molecule has 2 aromatic rings. The molecule has 1 N–H and O–H groups in total. The molecule has 0 radical (unpaired) electrons. The van der Waals surface area contributed by atoms with Crippen molar-refractivity contribution in [1.82, 2.24) is 10.2 Å². The van der Waals surface area contributed by atoms with Gasteiger partial charge < -0.3 is 10.2 Å². The van der Waals surface area contributed by atoms with Crippen LogP contribution in [0.2, 0.25) is 5.02 Å². The number of halogens is 2. The molecule has 1 amide bonds. The molecule has 1 aromatic carbocycles. The van der Waals surface area contributed by atoms with Crippen LogP contribution in [0.4, 0.5) is 0 Å². The molecule has 1 aliphatic rings. The van der Waals surface area contributed by atoms with Crippen LogP contribution in [0.3, 0.4) is 0 Å². The summed E-state index contributed by atoms with van der Waals surface area (Å²) in [7, 11) is 0. The lowest BCUT2D eigenvalue weighted by atomic mass is 10.0. The van der Waals surface area contributed by atoms with Gasteiger partial charge in [0.2, 0.25) is 0 Å². The van der Waals surface area contributed by atoms with E-state index in [4.69, 9.17) is 11.6 Å². The number of nitrogens with one attached hydrogen (secondary N) is 1. The van der Waals surface area contributed by atoms with Crippen LogP contribution in [-0.2, 0) is 0 Å². The van der Waals surface area contributed by atoms with Crippen molar-refractivity contribution in [2.24, 2.45) is 0 Å². The van der Waals surface area contributed by atoms with E-state index in [1.54, 1.807) is 0 Å². The number of piperazine rings is 1. The summed E-state index contributed by atoms with van der Waals surface area (Å²) in [5.74, 6) is 0.105. The minimum atomic E-state index is -0.0125. The number of hydrogen-bond acceptors (Lipinski definition) is 3. The van der Waals surface area contributed by atoms with Crippen LogP contribution in [0.5, 0.6) is 0 Å². The van der Waals surface area contributed by atoms with E-state index in [1.165, 1.54) is 11.3 Å². The number of aryl methyl sites for hydroxylation is 1. The Hall–Kier alpha value is -1.07. The van der Waals surface area contributed by atoms with Crippen LogP contribution >= 0.6 is 35.3 Å². The maximum Gasteiger partial charge on any atom is 0.264 e. The monoisotopic (exact) mass is 356 g/mol. The molecular formula is C16H18Cl2N2OS. The molecule has 1 fully saturated rings. The summed E-state index contributed by atoms with van der Waals surface area (Å²) >= 11 is 7.83. The number of thiophene rings is 1. The van der Waals surface area contributed by atoms with Gasteiger partial charge in [-0.15, -0.1) is 23.7 Å². The van der Waals surface area contributed by atoms with Crippen molar-refractivity contribution in [2.45, 2.75) is 13.0 Å². The molecule has 3 rings (SSSR count). The maximum absolute atomic E-state index is 12.8. The molecule has 2 heterocycles. The first-order valence-electron chi connectivity index (χ1n) is 6.98. The molecule has 118 valence electrons. The highest BCUT2D eigenvalue weighted by atomic mass is 35.5. The summed E-state index contributed by atoms with van der Waals surface area (Å²) in [6.07, 6.45) is 0. The first-order chi connectivity index (χ1) is 10.2. The molecule has 22 heavy (non-hydrogen) atoms. The van der Waals surface area contributed by atoms with Gasteiger partial charge in [0, 0.05) is 24.7 Å². The van der Waals surface area contributed by atoms with E-state index in [9.17, 15) is 4.79 Å². The average molecular weight is 357 g/mol. The molecule has 0 spiro atoms. The van der Waals surface area contributed by atoms with E-state index < -0.39 is 0 Å². The molecule has 1 aliphatic heterocycles. The quantitative estimate of drug-likeness (QED) is 0.884. The van der Waals surface area contributed by atoms with Crippen LogP contribution in [0, 0.1) is 6.92 Å². The highest BCUT2D eigenvalue weighted by Crippen LogP contribution is 2.30. The predicted molar refractivity (Wildman–Crippen MR) is 94.4 cm³/mol. The first-order valence-corrected chi connectivity index (χ1v) is 8.24. The van der Waals surface area contributed by atoms with Gasteiger partial charge in [0.15, 0.2) is 0 Å². The third-order valence-electron chi connectivity index (χ3n) is 3.82. The highest BCUT2D eigenvalue weighted by Gasteiger charge is 2.30. The summed E-state index contributed by atoms with van der Waals surface area (Å²) < 4.78 is 0. The highest BCUT2D eigenvalue weighted by molar-refractivity contribution is 7.12. The Morgan fingerprint density at radius 1 is 1.36 bits per heavy atom. The summed E-state index contributed by atoms with van der Waals surface area (Å²) in [5.41, 5.74) is 2.05. The first kappa shape index (κ1) is 17.3. The zero-order chi connectivity index (χ0) is 14.8. The van der Waals surface area contributed by atoms with Gasteiger partial charge in [-0.05, 0) is 35.6 Å². The number of carbonyl (C=O) groups excluding carboxylic acids is 1. The molecule has 1 aromatic heterocycles. The Labute approximate surface area is 145 Å². The Morgan fingerprint density at radius 3 is 2.82 bits per heavy atom. The van der Waals surface area contributed by atoms with Gasteiger partial charge in [-0.3, -0.25) is 4.79 Å². The normalized spacial score (nSPS) is 17.9. The van der Waals surface area contributed by atoms with Crippen LogP contribution in [-0.4, -0.2) is 30.4 Å². The van der Waals surface area contributed by atoms with E-state index in [1.807, 2.05) is 47.5 Å². The molecule has 1 saturated heterocycles. The second kappa shape index (κ2) is 7.47. The second-order valence-corrected chi connectivity index (χ2v) is 6.50. The summed E-state index contributed by atoms with van der Waals surface area (Å²) in [6, 6.07) is 9.74. The summed E-state index contributed by atoms with van der Waals surface area (Å²) in [4.78, 5) is 15.6. The summed E-state index contributed by atoms with van der Waals surface area (Å²) in [5, 5.41) is 6.04. The van der Waals surface area contributed by atoms with Crippen LogP contribution in [0.15, 0.2) is 35.7 Å².